The Hall–Kier alpha value is -1.56. The number of methoxy groups -OCH3 is 1. The second-order valence-electron chi connectivity index (χ2n) is 6.37. The topological polar surface area (TPSA) is 58.8 Å². The average molecular weight is 293 g/mol. The van der Waals surface area contributed by atoms with E-state index in [1.165, 1.54) is 26.4 Å². The molecule has 0 aliphatic carbocycles. The van der Waals surface area contributed by atoms with Crippen LogP contribution in [0.1, 0.15) is 36.2 Å². The summed E-state index contributed by atoms with van der Waals surface area (Å²) in [6.07, 6.45) is 4.64. The molecule has 1 aromatic heterocycles. The number of piperidine rings is 2. The lowest BCUT2D eigenvalue weighted by atomic mass is 9.72. The van der Waals surface area contributed by atoms with Crippen LogP contribution in [0, 0.1) is 5.41 Å². The van der Waals surface area contributed by atoms with Crippen LogP contribution >= 0.6 is 0 Å². The number of aromatic nitrogens is 1. The molecule has 1 amide bonds. The van der Waals surface area contributed by atoms with Gasteiger partial charge in [0, 0.05) is 13.1 Å². The number of nitrogens with zero attached hydrogens (tertiary/aromatic N) is 3. The van der Waals surface area contributed by atoms with Gasteiger partial charge in [0.2, 0.25) is 5.76 Å². The molecule has 0 atom stereocenters. The molecule has 21 heavy (non-hydrogen) atoms. The van der Waals surface area contributed by atoms with Gasteiger partial charge in [0.15, 0.2) is 0 Å². The van der Waals surface area contributed by atoms with E-state index in [1.807, 2.05) is 4.90 Å². The molecule has 0 aromatic carbocycles. The van der Waals surface area contributed by atoms with Crippen LogP contribution < -0.4 is 4.74 Å². The van der Waals surface area contributed by atoms with Crippen molar-refractivity contribution in [3.63, 3.8) is 0 Å². The number of rotatable bonds is 2. The van der Waals surface area contributed by atoms with Crippen LogP contribution in [0.2, 0.25) is 0 Å². The molecule has 2 saturated heterocycles. The number of carbonyl (C=O) groups is 1. The van der Waals surface area contributed by atoms with Gasteiger partial charge in [-0.3, -0.25) is 4.79 Å². The first-order valence-electron chi connectivity index (χ1n) is 7.60. The highest BCUT2D eigenvalue weighted by Crippen LogP contribution is 2.39. The van der Waals surface area contributed by atoms with Crippen molar-refractivity contribution in [2.24, 2.45) is 5.41 Å². The van der Waals surface area contributed by atoms with E-state index in [-0.39, 0.29) is 11.7 Å². The van der Waals surface area contributed by atoms with Crippen LogP contribution in [0.3, 0.4) is 0 Å². The normalized spacial score (nSPS) is 22.5. The lowest BCUT2D eigenvalue weighted by molar-refractivity contribution is 0.0237. The van der Waals surface area contributed by atoms with Crippen LogP contribution in [-0.2, 0) is 0 Å². The van der Waals surface area contributed by atoms with E-state index in [1.54, 1.807) is 6.07 Å². The smallest absolute Gasteiger partial charge is 0.292 e. The number of hydrogen-bond acceptors (Lipinski definition) is 5. The van der Waals surface area contributed by atoms with Crippen molar-refractivity contribution in [2.75, 3.05) is 40.3 Å². The lowest BCUT2D eigenvalue weighted by Gasteiger charge is -2.46. The van der Waals surface area contributed by atoms with Crippen LogP contribution in [0.5, 0.6) is 5.88 Å². The summed E-state index contributed by atoms with van der Waals surface area (Å²) in [5.41, 5.74) is 0.296. The summed E-state index contributed by atoms with van der Waals surface area (Å²) in [4.78, 5) is 16.8. The maximum Gasteiger partial charge on any atom is 0.292 e. The Morgan fingerprint density at radius 1 is 1.33 bits per heavy atom. The summed E-state index contributed by atoms with van der Waals surface area (Å²) < 4.78 is 10.1. The van der Waals surface area contributed by atoms with Crippen LogP contribution in [0.4, 0.5) is 0 Å². The third-order valence-corrected chi connectivity index (χ3v) is 4.90. The van der Waals surface area contributed by atoms with E-state index in [4.69, 9.17) is 9.26 Å². The standard InChI is InChI=1S/C15H23N3O3/c1-17-8-5-15(6-9-17)4-3-7-18(11-15)14(19)12-10-13(20-2)16-21-12/h10H,3-9,11H2,1-2H3. The van der Waals surface area contributed by atoms with E-state index in [0.717, 1.165) is 32.6 Å². The fraction of sp³-hybridized carbons (Fsp3) is 0.733. The number of amides is 1. The van der Waals surface area contributed by atoms with Gasteiger partial charge in [-0.05, 0) is 56.4 Å². The minimum Gasteiger partial charge on any atom is -0.479 e. The van der Waals surface area contributed by atoms with Crippen molar-refractivity contribution in [3.05, 3.63) is 11.8 Å². The zero-order chi connectivity index (χ0) is 14.9. The van der Waals surface area contributed by atoms with Gasteiger partial charge in [-0.1, -0.05) is 0 Å². The molecule has 6 heteroatoms. The third-order valence-electron chi connectivity index (χ3n) is 4.90. The van der Waals surface area contributed by atoms with Gasteiger partial charge < -0.3 is 19.1 Å². The Morgan fingerprint density at radius 3 is 2.76 bits per heavy atom. The predicted octanol–water partition coefficient (Wildman–Crippen LogP) is 1.63. The molecule has 6 nitrogen and oxygen atoms in total. The van der Waals surface area contributed by atoms with Crippen LogP contribution in [0.25, 0.3) is 0 Å². The van der Waals surface area contributed by atoms with Crippen LogP contribution in [0.15, 0.2) is 10.6 Å². The average Bonchev–Trinajstić information content (AvgIpc) is 2.99. The van der Waals surface area contributed by atoms with Crippen molar-refractivity contribution in [1.29, 1.82) is 0 Å². The molecule has 0 N–H and O–H groups in total. The number of likely N-dealkylation sites (tertiary alicyclic amines) is 2. The van der Waals surface area contributed by atoms with Gasteiger partial charge >= 0.3 is 0 Å². The molecule has 0 radical (unpaired) electrons. The Kier molecular flexibility index (Phi) is 3.89. The zero-order valence-electron chi connectivity index (χ0n) is 12.8. The fourth-order valence-electron chi connectivity index (χ4n) is 3.49. The molecule has 2 fully saturated rings. The van der Waals surface area contributed by atoms with Crippen LogP contribution in [-0.4, -0.2) is 61.2 Å². The lowest BCUT2D eigenvalue weighted by Crippen LogP contribution is -2.50. The van der Waals surface area contributed by atoms with E-state index in [0.29, 0.717) is 11.3 Å². The highest BCUT2D eigenvalue weighted by molar-refractivity contribution is 5.91. The van der Waals surface area contributed by atoms with Gasteiger partial charge in [0.05, 0.1) is 13.2 Å². The highest BCUT2D eigenvalue weighted by Gasteiger charge is 2.39. The maximum atomic E-state index is 12.5. The minimum atomic E-state index is -0.0659. The Labute approximate surface area is 125 Å². The molecule has 0 saturated carbocycles. The van der Waals surface area contributed by atoms with Gasteiger partial charge in [-0.15, -0.1) is 0 Å². The Balaban J connectivity index is 1.69. The van der Waals surface area contributed by atoms with E-state index in [2.05, 4.69) is 17.1 Å². The molecule has 2 aliphatic heterocycles. The summed E-state index contributed by atoms with van der Waals surface area (Å²) >= 11 is 0. The first-order valence-corrected chi connectivity index (χ1v) is 7.60. The summed E-state index contributed by atoms with van der Waals surface area (Å²) in [7, 11) is 3.68. The van der Waals surface area contributed by atoms with E-state index < -0.39 is 0 Å². The SMILES string of the molecule is COc1cc(C(=O)N2CCCC3(CCN(C)CC3)C2)on1. The van der Waals surface area contributed by atoms with Crippen molar-refractivity contribution < 1.29 is 14.1 Å². The second kappa shape index (κ2) is 5.67. The summed E-state index contributed by atoms with van der Waals surface area (Å²) in [5, 5.41) is 3.71. The molecule has 0 unspecified atom stereocenters. The van der Waals surface area contributed by atoms with Gasteiger partial charge in [-0.25, -0.2) is 0 Å². The summed E-state index contributed by atoms with van der Waals surface area (Å²) in [6.45, 7) is 3.89. The molecule has 2 aliphatic rings. The minimum absolute atomic E-state index is 0.0659. The quantitative estimate of drug-likeness (QED) is 0.829. The monoisotopic (exact) mass is 293 g/mol. The molecule has 1 spiro atoms. The first kappa shape index (κ1) is 14.4. The van der Waals surface area contributed by atoms with Crippen molar-refractivity contribution >= 4 is 5.91 Å². The Bertz CT molecular complexity index is 506. The highest BCUT2D eigenvalue weighted by atomic mass is 16.5. The molecular weight excluding hydrogens is 270 g/mol. The number of carbonyl (C=O) groups excluding carboxylic acids is 1. The fourth-order valence-corrected chi connectivity index (χ4v) is 3.49. The second-order valence-corrected chi connectivity index (χ2v) is 6.37. The van der Waals surface area contributed by atoms with E-state index >= 15 is 0 Å². The van der Waals surface area contributed by atoms with Crippen molar-refractivity contribution in [2.45, 2.75) is 25.7 Å². The zero-order valence-corrected chi connectivity index (χ0v) is 12.8. The molecule has 116 valence electrons. The number of hydrogen-bond donors (Lipinski definition) is 0. The molecule has 3 heterocycles. The van der Waals surface area contributed by atoms with Gasteiger partial charge in [0.1, 0.15) is 0 Å². The predicted molar refractivity (Wildman–Crippen MR) is 77.4 cm³/mol. The molecular formula is C15H23N3O3. The molecule has 0 bridgehead atoms. The summed E-state index contributed by atoms with van der Waals surface area (Å²) in [6, 6.07) is 1.57. The van der Waals surface area contributed by atoms with E-state index in [9.17, 15) is 4.79 Å². The largest absolute Gasteiger partial charge is 0.479 e. The van der Waals surface area contributed by atoms with Crippen molar-refractivity contribution in [1.82, 2.24) is 15.0 Å². The first-order chi connectivity index (χ1) is 10.1. The maximum absolute atomic E-state index is 12.5. The number of ether oxygens (including phenoxy) is 1. The molecule has 3 rings (SSSR count). The van der Waals surface area contributed by atoms with Gasteiger partial charge in [0.25, 0.3) is 11.8 Å². The third kappa shape index (κ3) is 2.90. The van der Waals surface area contributed by atoms with Gasteiger partial charge in [-0.2, -0.15) is 0 Å². The Morgan fingerprint density at radius 2 is 2.10 bits per heavy atom. The van der Waals surface area contributed by atoms with Crippen molar-refractivity contribution in [3.8, 4) is 5.88 Å². The molecule has 1 aromatic rings. The summed E-state index contributed by atoms with van der Waals surface area (Å²) in [5.74, 6) is 0.560.